The first kappa shape index (κ1) is 28.7. The number of fused-ring (bicyclic) bond motifs is 1. The highest BCUT2D eigenvalue weighted by molar-refractivity contribution is 8.01. The van der Waals surface area contributed by atoms with E-state index in [0.717, 1.165) is 32.7 Å². The van der Waals surface area contributed by atoms with E-state index in [0.29, 0.717) is 5.57 Å². The first-order valence-electron chi connectivity index (χ1n) is 11.1. The Balaban J connectivity index is 1.52. The summed E-state index contributed by atoms with van der Waals surface area (Å²) in [6.45, 7) is 1.21. The van der Waals surface area contributed by atoms with E-state index in [2.05, 4.69) is 20.4 Å². The van der Waals surface area contributed by atoms with E-state index in [4.69, 9.17) is 33.0 Å². The molecule has 2 amide bonds. The van der Waals surface area contributed by atoms with E-state index in [-0.39, 0.29) is 44.8 Å². The summed E-state index contributed by atoms with van der Waals surface area (Å²) in [5.41, 5.74) is 17.0. The predicted molar refractivity (Wildman–Crippen MR) is 145 cm³/mol. The number of nitrogens with two attached hydrogens (primary N) is 4. The van der Waals surface area contributed by atoms with Crippen molar-refractivity contribution in [2.75, 3.05) is 34.5 Å². The molecule has 2 aromatic rings. The van der Waals surface area contributed by atoms with Crippen LogP contribution in [0.2, 0.25) is 0 Å². The summed E-state index contributed by atoms with van der Waals surface area (Å²) in [5.74, 6) is 2.32. The van der Waals surface area contributed by atoms with Crippen molar-refractivity contribution >= 4 is 81.1 Å². The zero-order chi connectivity index (χ0) is 29.3. The van der Waals surface area contributed by atoms with Crippen LogP contribution in [0.4, 0.5) is 16.8 Å². The number of nitrogens with one attached hydrogen (secondary N) is 1. The Kier molecular flexibility index (Phi) is 8.21. The molecule has 2 unspecified atom stereocenters. The Morgan fingerprint density at radius 3 is 2.67 bits per heavy atom. The third kappa shape index (κ3) is 5.67. The van der Waals surface area contributed by atoms with E-state index in [1.165, 1.54) is 30.1 Å². The minimum atomic E-state index is -1.37. The number of oxime groups is 1. The molecule has 2 aliphatic rings. The number of carboxylic acids is 2. The number of β-lactam (4-membered cyclic amide) rings is 1. The van der Waals surface area contributed by atoms with Gasteiger partial charge in [-0.3, -0.25) is 20.3 Å². The second-order valence-electron chi connectivity index (χ2n) is 8.26. The van der Waals surface area contributed by atoms with Gasteiger partial charge in [0.05, 0.1) is 6.07 Å². The van der Waals surface area contributed by atoms with Crippen LogP contribution < -0.4 is 33.0 Å². The van der Waals surface area contributed by atoms with E-state index in [1.807, 2.05) is 0 Å². The number of hydrogen-bond acceptors (Lipinski definition) is 15. The van der Waals surface area contributed by atoms with Crippen molar-refractivity contribution in [1.82, 2.24) is 20.2 Å². The van der Waals surface area contributed by atoms with Crippen molar-refractivity contribution in [2.45, 2.75) is 29.6 Å². The number of carbonyl (C=O) groups excluding carboxylic acids is 2. The Labute approximate surface area is 237 Å². The summed E-state index contributed by atoms with van der Waals surface area (Å²) in [4.78, 5) is 63.5. The predicted octanol–water partition coefficient (Wildman–Crippen LogP) is -1.99. The Morgan fingerprint density at radius 2 is 2.05 bits per heavy atom. The fraction of sp³-hybridized carbons (Fsp3) is 0.300. The normalized spacial score (nSPS) is 19.5. The quantitative estimate of drug-likeness (QED) is 0.0291. The first-order valence-corrected chi connectivity index (χ1v) is 14.0. The van der Waals surface area contributed by atoms with Gasteiger partial charge in [-0.1, -0.05) is 10.1 Å². The number of anilines is 3. The molecule has 17 nitrogen and oxygen atoms in total. The van der Waals surface area contributed by atoms with Crippen molar-refractivity contribution in [3.05, 3.63) is 28.4 Å². The second-order valence-corrected chi connectivity index (χ2v) is 11.2. The largest absolute Gasteiger partial charge is 0.478 e. The highest BCUT2D eigenvalue weighted by Crippen LogP contribution is 2.41. The molecule has 3 atom stereocenters. The van der Waals surface area contributed by atoms with Crippen LogP contribution in [0.3, 0.4) is 0 Å². The smallest absolute Gasteiger partial charge is 0.352 e. The number of nitrogens with zero attached hydrogens (tertiary/aromatic N) is 5. The highest BCUT2D eigenvalue weighted by Gasteiger charge is 2.54. The molecule has 1 saturated heterocycles. The molecule has 0 spiro atoms. The average molecular weight is 612 g/mol. The molecular weight excluding hydrogens is 588 g/mol. The van der Waals surface area contributed by atoms with Crippen molar-refractivity contribution in [3.8, 4) is 0 Å². The number of hydrogen-bond donors (Lipinski definition) is 7. The molecule has 0 aromatic carbocycles. The number of carboxylic acid groups (broad SMARTS) is 2. The standard InChI is InChI=1S/C20H22N10O7S3/c1-6(17(33)34)37-28-11(8-5-39-19(23)25-8)14(31)27-12-15(32)29-13(18(35)36)7(3-38-16(12)29)4-40-20-26-9(21)2-10(22)30(20)24/h2,5-6,12,16H,3-4,24H2,1H3,(H8,21,22,23,25,27,31,33,34,35,36)/p+1/b28-11-/t6?,12?,16-/m1/s1. The van der Waals surface area contributed by atoms with E-state index >= 15 is 0 Å². The molecule has 11 N–H and O–H groups in total. The van der Waals surface area contributed by atoms with E-state index in [9.17, 15) is 24.3 Å². The van der Waals surface area contributed by atoms with Crippen molar-refractivity contribution in [2.24, 2.45) is 5.16 Å². The maximum absolute atomic E-state index is 13.1. The number of carbonyl (C=O) groups is 4. The summed E-state index contributed by atoms with van der Waals surface area (Å²) >= 11 is 3.35. The molecule has 0 radical (unpaired) electrons. The van der Waals surface area contributed by atoms with Crippen molar-refractivity contribution in [3.63, 3.8) is 0 Å². The lowest BCUT2D eigenvalue weighted by molar-refractivity contribution is -0.667. The summed E-state index contributed by atoms with van der Waals surface area (Å²) < 4.78 is 1.11. The number of amides is 2. The number of rotatable bonds is 10. The number of thiazole rings is 1. The van der Waals surface area contributed by atoms with Crippen LogP contribution in [0.5, 0.6) is 0 Å². The zero-order valence-electron chi connectivity index (χ0n) is 20.5. The Bertz CT molecular complexity index is 1460. The number of aliphatic carboxylic acids is 2. The van der Waals surface area contributed by atoms with Gasteiger partial charge in [-0.05, 0) is 24.3 Å². The van der Waals surface area contributed by atoms with Crippen LogP contribution >= 0.6 is 34.9 Å². The summed E-state index contributed by atoms with van der Waals surface area (Å²) in [6, 6.07) is 0.277. The van der Waals surface area contributed by atoms with Crippen molar-refractivity contribution in [1.29, 1.82) is 0 Å². The van der Waals surface area contributed by atoms with Crippen LogP contribution in [0, 0.1) is 0 Å². The molecule has 40 heavy (non-hydrogen) atoms. The molecule has 0 saturated carbocycles. The minimum absolute atomic E-state index is 0.0101. The molecule has 0 aliphatic carbocycles. The van der Waals surface area contributed by atoms with Gasteiger partial charge >= 0.3 is 17.1 Å². The van der Waals surface area contributed by atoms with Crippen LogP contribution in [0.15, 0.2) is 33.0 Å². The Hall–Kier alpha value is -4.30. The Morgan fingerprint density at radius 1 is 1.32 bits per heavy atom. The maximum Gasteiger partial charge on any atom is 0.352 e. The first-order chi connectivity index (χ1) is 18.9. The molecule has 2 aliphatic heterocycles. The average Bonchev–Trinajstić information content (AvgIpc) is 3.33. The fourth-order valence-electron chi connectivity index (χ4n) is 3.56. The van der Waals surface area contributed by atoms with Crippen LogP contribution in [-0.4, -0.2) is 83.6 Å². The van der Waals surface area contributed by atoms with E-state index < -0.39 is 47.0 Å². The van der Waals surface area contributed by atoms with Crippen molar-refractivity contribution < 1.29 is 38.9 Å². The van der Waals surface area contributed by atoms with Gasteiger partial charge in [0.15, 0.2) is 10.8 Å². The molecule has 4 rings (SSSR count). The van der Waals surface area contributed by atoms with Crippen LogP contribution in [0.25, 0.3) is 0 Å². The molecule has 2 aromatic heterocycles. The molecule has 0 bridgehead atoms. The third-order valence-electron chi connectivity index (χ3n) is 5.55. The summed E-state index contributed by atoms with van der Waals surface area (Å²) in [7, 11) is 0. The summed E-state index contributed by atoms with van der Waals surface area (Å²) in [6.07, 6.45) is -1.37. The van der Waals surface area contributed by atoms with E-state index in [1.54, 1.807) is 0 Å². The van der Waals surface area contributed by atoms with Gasteiger partial charge in [0, 0.05) is 16.9 Å². The maximum atomic E-state index is 13.1. The number of aromatic nitrogens is 3. The fourth-order valence-corrected chi connectivity index (χ4v) is 6.54. The van der Waals surface area contributed by atoms with Crippen LogP contribution in [0.1, 0.15) is 12.6 Å². The van der Waals surface area contributed by atoms with Gasteiger partial charge in [0.2, 0.25) is 17.7 Å². The molecule has 4 heterocycles. The SMILES string of the molecule is CC(O/N=C(\C(=O)NC1C(=O)N2C(C(=O)O)=C(CSc3nc(N)cc(N)[n+]3N)CS[C@H]12)c1csc(N)n1)C(=O)O. The van der Waals surface area contributed by atoms with Gasteiger partial charge < -0.3 is 37.6 Å². The van der Waals surface area contributed by atoms with Gasteiger partial charge in [-0.25, -0.2) is 14.6 Å². The summed E-state index contributed by atoms with van der Waals surface area (Å²) in [5, 5.41) is 26.2. The highest BCUT2D eigenvalue weighted by atomic mass is 32.2. The molecule has 20 heteroatoms. The lowest BCUT2D eigenvalue weighted by atomic mass is 10.0. The topological polar surface area (TPSA) is 279 Å². The second kappa shape index (κ2) is 11.4. The van der Waals surface area contributed by atoms with Gasteiger partial charge in [-0.2, -0.15) is 0 Å². The van der Waals surface area contributed by atoms with Gasteiger partial charge in [-0.15, -0.1) is 27.8 Å². The lowest BCUT2D eigenvalue weighted by Gasteiger charge is -2.49. The molecular formula is C20H23N10O7S3+. The lowest BCUT2D eigenvalue weighted by Crippen LogP contribution is -2.71. The van der Waals surface area contributed by atoms with Gasteiger partial charge in [0.25, 0.3) is 11.8 Å². The zero-order valence-corrected chi connectivity index (χ0v) is 23.0. The number of nitrogen functional groups attached to an aromatic ring is 4. The monoisotopic (exact) mass is 611 g/mol. The number of thioether (sulfide) groups is 2. The molecule has 1 fully saturated rings. The minimum Gasteiger partial charge on any atom is -0.478 e. The van der Waals surface area contributed by atoms with Gasteiger partial charge in [0.1, 0.15) is 22.8 Å². The van der Waals surface area contributed by atoms with Crippen LogP contribution in [-0.2, 0) is 24.0 Å². The third-order valence-corrected chi connectivity index (χ3v) is 8.60. The molecule has 212 valence electrons.